The Bertz CT molecular complexity index is 318. The molecule has 1 aromatic rings. The van der Waals surface area contributed by atoms with Gasteiger partial charge in [0, 0.05) is 24.5 Å². The SMILES string of the molecule is CCCc1nc(N(CC)CC)sc1CNCC. The van der Waals surface area contributed by atoms with Crippen LogP contribution in [0, 0.1) is 0 Å². The van der Waals surface area contributed by atoms with Crippen LogP contribution in [0.4, 0.5) is 5.13 Å². The van der Waals surface area contributed by atoms with Crippen LogP contribution in [0.5, 0.6) is 0 Å². The van der Waals surface area contributed by atoms with Gasteiger partial charge in [0.25, 0.3) is 0 Å². The minimum absolute atomic E-state index is 0.963. The number of hydrogen-bond acceptors (Lipinski definition) is 4. The number of hydrogen-bond donors (Lipinski definition) is 1. The van der Waals surface area contributed by atoms with E-state index in [0.717, 1.165) is 32.6 Å². The molecular weight excluding hydrogens is 230 g/mol. The number of aryl methyl sites for hydroxylation is 1. The van der Waals surface area contributed by atoms with Crippen LogP contribution in [0.15, 0.2) is 0 Å². The van der Waals surface area contributed by atoms with E-state index in [1.165, 1.54) is 22.1 Å². The fraction of sp³-hybridized carbons (Fsp3) is 0.769. The van der Waals surface area contributed by atoms with Crippen molar-refractivity contribution in [2.75, 3.05) is 24.5 Å². The first-order valence-electron chi connectivity index (χ1n) is 6.70. The zero-order valence-electron chi connectivity index (χ0n) is 11.5. The minimum Gasteiger partial charge on any atom is -0.349 e. The molecule has 0 bridgehead atoms. The Labute approximate surface area is 109 Å². The van der Waals surface area contributed by atoms with Crippen LogP contribution in [-0.2, 0) is 13.0 Å². The van der Waals surface area contributed by atoms with Crippen molar-refractivity contribution in [2.24, 2.45) is 0 Å². The number of nitrogens with one attached hydrogen (secondary N) is 1. The molecule has 0 aliphatic carbocycles. The van der Waals surface area contributed by atoms with Gasteiger partial charge in [-0.2, -0.15) is 0 Å². The van der Waals surface area contributed by atoms with E-state index in [1.807, 2.05) is 11.3 Å². The second kappa shape index (κ2) is 7.67. The predicted octanol–water partition coefficient (Wildman–Crippen LogP) is 3.05. The van der Waals surface area contributed by atoms with E-state index in [2.05, 4.69) is 37.9 Å². The molecule has 0 unspecified atom stereocenters. The van der Waals surface area contributed by atoms with E-state index in [4.69, 9.17) is 4.98 Å². The summed E-state index contributed by atoms with van der Waals surface area (Å²) >= 11 is 1.85. The van der Waals surface area contributed by atoms with Crippen LogP contribution in [0.2, 0.25) is 0 Å². The molecule has 0 spiro atoms. The van der Waals surface area contributed by atoms with Crippen molar-refractivity contribution in [1.82, 2.24) is 10.3 Å². The maximum absolute atomic E-state index is 4.80. The Kier molecular flexibility index (Phi) is 6.52. The van der Waals surface area contributed by atoms with Crippen molar-refractivity contribution in [3.05, 3.63) is 10.6 Å². The molecule has 98 valence electrons. The van der Waals surface area contributed by atoms with Gasteiger partial charge in [0.15, 0.2) is 5.13 Å². The van der Waals surface area contributed by atoms with E-state index >= 15 is 0 Å². The van der Waals surface area contributed by atoms with E-state index < -0.39 is 0 Å². The van der Waals surface area contributed by atoms with Crippen molar-refractivity contribution >= 4 is 16.5 Å². The molecule has 1 heterocycles. The Balaban J connectivity index is 2.85. The van der Waals surface area contributed by atoms with Gasteiger partial charge >= 0.3 is 0 Å². The van der Waals surface area contributed by atoms with Crippen LogP contribution in [0.25, 0.3) is 0 Å². The average Bonchev–Trinajstić information content (AvgIpc) is 2.72. The zero-order chi connectivity index (χ0) is 12.7. The van der Waals surface area contributed by atoms with Gasteiger partial charge in [0.05, 0.1) is 5.69 Å². The summed E-state index contributed by atoms with van der Waals surface area (Å²) in [5.41, 5.74) is 1.29. The number of nitrogens with zero attached hydrogens (tertiary/aromatic N) is 2. The molecule has 17 heavy (non-hydrogen) atoms. The summed E-state index contributed by atoms with van der Waals surface area (Å²) in [7, 11) is 0. The standard InChI is InChI=1S/C13H25N3S/c1-5-9-11-12(10-14-6-2)17-13(15-11)16(7-3)8-4/h14H,5-10H2,1-4H3. The average molecular weight is 255 g/mol. The summed E-state index contributed by atoms with van der Waals surface area (Å²) in [6, 6.07) is 0. The van der Waals surface area contributed by atoms with Crippen LogP contribution in [-0.4, -0.2) is 24.6 Å². The summed E-state index contributed by atoms with van der Waals surface area (Å²) in [4.78, 5) is 8.54. The van der Waals surface area contributed by atoms with Crippen molar-refractivity contribution < 1.29 is 0 Å². The van der Waals surface area contributed by atoms with Gasteiger partial charge in [-0.15, -0.1) is 11.3 Å². The van der Waals surface area contributed by atoms with Crippen LogP contribution < -0.4 is 10.2 Å². The largest absolute Gasteiger partial charge is 0.349 e. The molecule has 0 saturated heterocycles. The summed E-state index contributed by atoms with van der Waals surface area (Å²) < 4.78 is 0. The quantitative estimate of drug-likeness (QED) is 0.774. The molecule has 0 amide bonds. The molecule has 1 N–H and O–H groups in total. The molecule has 1 aromatic heterocycles. The summed E-state index contributed by atoms with van der Waals surface area (Å²) in [5.74, 6) is 0. The molecule has 4 heteroatoms. The maximum Gasteiger partial charge on any atom is 0.185 e. The number of anilines is 1. The van der Waals surface area contributed by atoms with Crippen molar-refractivity contribution in [3.8, 4) is 0 Å². The Morgan fingerprint density at radius 2 is 1.88 bits per heavy atom. The minimum atomic E-state index is 0.963. The molecule has 0 fully saturated rings. The third kappa shape index (κ3) is 3.96. The summed E-state index contributed by atoms with van der Waals surface area (Å²) in [6.45, 7) is 12.8. The number of aromatic nitrogens is 1. The Hall–Kier alpha value is -0.610. The van der Waals surface area contributed by atoms with Gasteiger partial charge in [-0.05, 0) is 26.8 Å². The first kappa shape index (κ1) is 14.5. The van der Waals surface area contributed by atoms with Gasteiger partial charge in [0.1, 0.15) is 0 Å². The molecular formula is C13H25N3S. The lowest BCUT2D eigenvalue weighted by atomic mass is 10.2. The van der Waals surface area contributed by atoms with Gasteiger partial charge < -0.3 is 10.2 Å². The molecule has 0 radical (unpaired) electrons. The smallest absolute Gasteiger partial charge is 0.185 e. The molecule has 0 aliphatic heterocycles. The van der Waals surface area contributed by atoms with E-state index in [1.54, 1.807) is 0 Å². The highest BCUT2D eigenvalue weighted by atomic mass is 32.1. The zero-order valence-corrected chi connectivity index (χ0v) is 12.4. The third-order valence-electron chi connectivity index (χ3n) is 2.82. The lowest BCUT2D eigenvalue weighted by Crippen LogP contribution is -2.21. The second-order valence-electron chi connectivity index (χ2n) is 4.07. The summed E-state index contributed by atoms with van der Waals surface area (Å²) in [6.07, 6.45) is 2.26. The molecule has 3 nitrogen and oxygen atoms in total. The number of rotatable bonds is 8. The van der Waals surface area contributed by atoms with Gasteiger partial charge in [-0.25, -0.2) is 4.98 Å². The van der Waals surface area contributed by atoms with Crippen LogP contribution >= 0.6 is 11.3 Å². The lowest BCUT2D eigenvalue weighted by Gasteiger charge is -2.16. The molecule has 0 aromatic carbocycles. The first-order chi connectivity index (χ1) is 8.26. The highest BCUT2D eigenvalue weighted by Gasteiger charge is 2.13. The lowest BCUT2D eigenvalue weighted by molar-refractivity contribution is 0.723. The Morgan fingerprint density at radius 1 is 1.18 bits per heavy atom. The number of thiazole rings is 1. The fourth-order valence-electron chi connectivity index (χ4n) is 1.81. The molecule has 1 rings (SSSR count). The molecule has 0 saturated carbocycles. The first-order valence-corrected chi connectivity index (χ1v) is 7.52. The van der Waals surface area contributed by atoms with E-state index in [0.29, 0.717) is 0 Å². The van der Waals surface area contributed by atoms with Crippen molar-refractivity contribution in [3.63, 3.8) is 0 Å². The van der Waals surface area contributed by atoms with Crippen LogP contribution in [0.1, 0.15) is 44.7 Å². The van der Waals surface area contributed by atoms with Gasteiger partial charge in [-0.1, -0.05) is 20.3 Å². The van der Waals surface area contributed by atoms with Crippen LogP contribution in [0.3, 0.4) is 0 Å². The van der Waals surface area contributed by atoms with E-state index in [9.17, 15) is 0 Å². The van der Waals surface area contributed by atoms with Gasteiger partial charge in [-0.3, -0.25) is 0 Å². The fourth-order valence-corrected chi connectivity index (χ4v) is 3.01. The topological polar surface area (TPSA) is 28.2 Å². The van der Waals surface area contributed by atoms with Gasteiger partial charge in [0.2, 0.25) is 0 Å². The Morgan fingerprint density at radius 3 is 2.41 bits per heavy atom. The maximum atomic E-state index is 4.80. The summed E-state index contributed by atoms with van der Waals surface area (Å²) in [5, 5.41) is 4.59. The highest BCUT2D eigenvalue weighted by molar-refractivity contribution is 7.15. The normalized spacial score (nSPS) is 10.8. The van der Waals surface area contributed by atoms with E-state index in [-0.39, 0.29) is 0 Å². The highest BCUT2D eigenvalue weighted by Crippen LogP contribution is 2.27. The monoisotopic (exact) mass is 255 g/mol. The van der Waals surface area contributed by atoms with Crippen molar-refractivity contribution in [1.29, 1.82) is 0 Å². The molecule has 0 aliphatic rings. The van der Waals surface area contributed by atoms with Crippen molar-refractivity contribution in [2.45, 2.75) is 47.1 Å². The predicted molar refractivity (Wildman–Crippen MR) is 77.1 cm³/mol. The molecule has 0 atom stereocenters. The third-order valence-corrected chi connectivity index (χ3v) is 3.98. The second-order valence-corrected chi connectivity index (χ2v) is 5.13.